The molecule has 1 fully saturated rings. The molecule has 0 amide bonds. The van der Waals surface area contributed by atoms with Crippen molar-refractivity contribution in [3.63, 3.8) is 0 Å². The van der Waals surface area contributed by atoms with Crippen molar-refractivity contribution in [2.24, 2.45) is 4.99 Å². The minimum Gasteiger partial charge on any atom is -0.364 e. The number of hydrogen-bond donors (Lipinski definition) is 1. The lowest BCUT2D eigenvalue weighted by Crippen LogP contribution is -2.53. The molecule has 0 aromatic carbocycles. The van der Waals surface area contributed by atoms with E-state index in [-0.39, 0.29) is 24.0 Å². The van der Waals surface area contributed by atoms with Crippen LogP contribution in [0.4, 0.5) is 0 Å². The molecule has 0 spiro atoms. The summed E-state index contributed by atoms with van der Waals surface area (Å²) in [6.45, 7) is 13.6. The van der Waals surface area contributed by atoms with Gasteiger partial charge >= 0.3 is 0 Å². The predicted molar refractivity (Wildman–Crippen MR) is 113 cm³/mol. The third-order valence-electron chi connectivity index (χ3n) is 4.46. The van der Waals surface area contributed by atoms with Crippen molar-refractivity contribution in [1.29, 1.82) is 0 Å². The molecule has 1 aliphatic heterocycles. The van der Waals surface area contributed by atoms with E-state index in [4.69, 9.17) is 4.52 Å². The number of likely N-dealkylation sites (N-methyl/N-ethyl adjacent to an activating group) is 1. The molecule has 1 N–H and O–H groups in total. The topological polar surface area (TPSA) is 60.1 Å². The van der Waals surface area contributed by atoms with Crippen LogP contribution in [0.1, 0.15) is 26.0 Å². The molecule has 0 aliphatic carbocycles. The number of hydrogen-bond acceptors (Lipinski definition) is 5. The number of nitrogens with zero attached hydrogens (tertiary/aromatic N) is 5. The van der Waals surface area contributed by atoms with Gasteiger partial charge in [0.2, 0.25) is 0 Å². The Labute approximate surface area is 168 Å². The summed E-state index contributed by atoms with van der Waals surface area (Å²) in [6.07, 6.45) is 2.84. The number of nitrogens with one attached hydrogen (secondary N) is 1. The van der Waals surface area contributed by atoms with Crippen LogP contribution in [0.25, 0.3) is 0 Å². The van der Waals surface area contributed by atoms with E-state index in [9.17, 15) is 0 Å². The Morgan fingerprint density at radius 3 is 2.60 bits per heavy atom. The van der Waals surface area contributed by atoms with E-state index in [0.29, 0.717) is 0 Å². The van der Waals surface area contributed by atoms with E-state index in [1.807, 2.05) is 13.1 Å². The largest absolute Gasteiger partial charge is 0.364 e. The first-order valence-corrected chi connectivity index (χ1v) is 9.06. The van der Waals surface area contributed by atoms with Crippen LogP contribution in [0.3, 0.4) is 0 Å². The Bertz CT molecular complexity index is 473. The van der Waals surface area contributed by atoms with Gasteiger partial charge in [-0.05, 0) is 19.5 Å². The lowest BCUT2D eigenvalue weighted by atomic mass is 10.3. The Hall–Kier alpha value is -0.870. The zero-order valence-electron chi connectivity index (χ0n) is 15.8. The molecule has 1 aromatic rings. The summed E-state index contributed by atoms with van der Waals surface area (Å²) < 4.78 is 4.90. The summed E-state index contributed by atoms with van der Waals surface area (Å²) >= 11 is 0. The Balaban J connectivity index is 0.00000312. The summed E-state index contributed by atoms with van der Waals surface area (Å²) in [4.78, 5) is 11.7. The van der Waals surface area contributed by atoms with E-state index in [0.717, 1.165) is 70.6 Å². The van der Waals surface area contributed by atoms with Crippen molar-refractivity contribution >= 4 is 29.9 Å². The standard InChI is InChI=1S/C17H32N6O.HI/c1-4-8-21(5-2)9-7-19-17(18-3)23-12-10-22(11-13-23)15-16-6-14-24-20-16;/h6,14H,4-5,7-13,15H2,1-3H3,(H,18,19);1H. The second-order valence-corrected chi connectivity index (χ2v) is 6.16. The molecular formula is C17H33IN6O. The predicted octanol–water partition coefficient (Wildman–Crippen LogP) is 1.72. The first-order valence-electron chi connectivity index (χ1n) is 9.06. The van der Waals surface area contributed by atoms with Crippen LogP contribution in [0, 0.1) is 0 Å². The lowest BCUT2D eigenvalue weighted by molar-refractivity contribution is 0.168. The Kier molecular flexibility index (Phi) is 11.1. The van der Waals surface area contributed by atoms with Gasteiger partial charge in [0.15, 0.2) is 5.96 Å². The van der Waals surface area contributed by atoms with Gasteiger partial charge in [0.25, 0.3) is 0 Å². The first-order chi connectivity index (χ1) is 11.8. The van der Waals surface area contributed by atoms with E-state index in [1.165, 1.54) is 6.42 Å². The quantitative estimate of drug-likeness (QED) is 0.359. The van der Waals surface area contributed by atoms with Crippen LogP contribution in [-0.4, -0.2) is 85.2 Å². The smallest absolute Gasteiger partial charge is 0.193 e. The first kappa shape index (κ1) is 22.2. The number of aromatic nitrogens is 1. The second kappa shape index (κ2) is 12.5. The van der Waals surface area contributed by atoms with Crippen LogP contribution < -0.4 is 5.32 Å². The summed E-state index contributed by atoms with van der Waals surface area (Å²) in [6, 6.07) is 1.93. The maximum Gasteiger partial charge on any atom is 0.193 e. The highest BCUT2D eigenvalue weighted by Crippen LogP contribution is 2.07. The van der Waals surface area contributed by atoms with Crippen LogP contribution in [0.5, 0.6) is 0 Å². The maximum absolute atomic E-state index is 4.90. The summed E-state index contributed by atoms with van der Waals surface area (Å²) in [5.41, 5.74) is 1.00. The van der Waals surface area contributed by atoms with Crippen molar-refractivity contribution in [2.45, 2.75) is 26.8 Å². The van der Waals surface area contributed by atoms with Crippen molar-refractivity contribution in [2.75, 3.05) is 59.4 Å². The third-order valence-corrected chi connectivity index (χ3v) is 4.46. The Morgan fingerprint density at radius 1 is 1.28 bits per heavy atom. The molecule has 144 valence electrons. The van der Waals surface area contributed by atoms with E-state index in [1.54, 1.807) is 6.26 Å². The summed E-state index contributed by atoms with van der Waals surface area (Å²) in [5.74, 6) is 1.02. The van der Waals surface area contributed by atoms with Gasteiger partial charge < -0.3 is 19.6 Å². The van der Waals surface area contributed by atoms with Gasteiger partial charge in [0.1, 0.15) is 6.26 Å². The molecule has 25 heavy (non-hydrogen) atoms. The van der Waals surface area contributed by atoms with Gasteiger partial charge in [-0.3, -0.25) is 9.89 Å². The molecule has 2 rings (SSSR count). The Morgan fingerprint density at radius 2 is 2.04 bits per heavy atom. The molecule has 0 atom stereocenters. The highest BCUT2D eigenvalue weighted by molar-refractivity contribution is 14.0. The van der Waals surface area contributed by atoms with Crippen LogP contribution >= 0.6 is 24.0 Å². The average molecular weight is 464 g/mol. The number of piperazine rings is 1. The van der Waals surface area contributed by atoms with E-state index >= 15 is 0 Å². The zero-order valence-corrected chi connectivity index (χ0v) is 18.1. The van der Waals surface area contributed by atoms with Gasteiger partial charge in [-0.1, -0.05) is 19.0 Å². The highest BCUT2D eigenvalue weighted by atomic mass is 127. The molecule has 0 saturated carbocycles. The van der Waals surface area contributed by atoms with Crippen molar-refractivity contribution in [3.05, 3.63) is 18.0 Å². The molecule has 7 nitrogen and oxygen atoms in total. The summed E-state index contributed by atoms with van der Waals surface area (Å²) in [5, 5.41) is 7.50. The fourth-order valence-corrected chi connectivity index (χ4v) is 3.07. The van der Waals surface area contributed by atoms with Gasteiger partial charge in [-0.25, -0.2) is 0 Å². The number of rotatable bonds is 8. The average Bonchev–Trinajstić information content (AvgIpc) is 3.12. The SMILES string of the molecule is CCCN(CC)CCNC(=NC)N1CCN(Cc2ccon2)CC1.I. The highest BCUT2D eigenvalue weighted by Gasteiger charge is 2.20. The van der Waals surface area contributed by atoms with E-state index in [2.05, 4.69) is 44.0 Å². The molecule has 0 radical (unpaired) electrons. The summed E-state index contributed by atoms with van der Waals surface area (Å²) in [7, 11) is 1.87. The van der Waals surface area contributed by atoms with Gasteiger partial charge in [-0.15, -0.1) is 24.0 Å². The molecule has 1 aliphatic rings. The molecule has 0 bridgehead atoms. The van der Waals surface area contributed by atoms with Crippen LogP contribution in [-0.2, 0) is 6.54 Å². The molecule has 1 aromatic heterocycles. The monoisotopic (exact) mass is 464 g/mol. The minimum absolute atomic E-state index is 0. The number of aliphatic imine (C=N–C) groups is 1. The molecule has 8 heteroatoms. The minimum atomic E-state index is 0. The number of guanidine groups is 1. The van der Waals surface area contributed by atoms with E-state index < -0.39 is 0 Å². The zero-order chi connectivity index (χ0) is 17.2. The number of halogens is 1. The molecule has 2 heterocycles. The third kappa shape index (κ3) is 7.49. The second-order valence-electron chi connectivity index (χ2n) is 6.16. The van der Waals surface area contributed by atoms with Crippen molar-refractivity contribution in [3.8, 4) is 0 Å². The van der Waals surface area contributed by atoms with Crippen molar-refractivity contribution < 1.29 is 4.52 Å². The fourth-order valence-electron chi connectivity index (χ4n) is 3.07. The molecular weight excluding hydrogens is 431 g/mol. The van der Waals surface area contributed by atoms with Gasteiger partial charge in [0, 0.05) is 58.9 Å². The fraction of sp³-hybridized carbons (Fsp3) is 0.765. The molecule has 0 unspecified atom stereocenters. The van der Waals surface area contributed by atoms with Crippen LogP contribution in [0.15, 0.2) is 21.8 Å². The normalized spacial score (nSPS) is 16.2. The van der Waals surface area contributed by atoms with Crippen molar-refractivity contribution in [1.82, 2.24) is 25.2 Å². The van der Waals surface area contributed by atoms with Gasteiger partial charge in [-0.2, -0.15) is 0 Å². The van der Waals surface area contributed by atoms with Crippen LogP contribution in [0.2, 0.25) is 0 Å². The maximum atomic E-state index is 4.90. The molecule has 1 saturated heterocycles. The lowest BCUT2D eigenvalue weighted by Gasteiger charge is -2.36. The van der Waals surface area contributed by atoms with Gasteiger partial charge in [0.05, 0.1) is 5.69 Å².